The van der Waals surface area contributed by atoms with Crippen LogP contribution in [0.3, 0.4) is 0 Å². The third-order valence-electron chi connectivity index (χ3n) is 3.73. The summed E-state index contributed by atoms with van der Waals surface area (Å²) in [5.74, 6) is 0.536. The van der Waals surface area contributed by atoms with Crippen LogP contribution in [0.15, 0.2) is 18.2 Å². The second-order valence-corrected chi connectivity index (χ2v) is 5.40. The lowest BCUT2D eigenvalue weighted by atomic mass is 9.93. The van der Waals surface area contributed by atoms with Crippen LogP contribution in [0, 0.1) is 11.7 Å². The van der Waals surface area contributed by atoms with Gasteiger partial charge in [0, 0.05) is 17.1 Å². The Hall–Kier alpha value is -0.640. The fourth-order valence-corrected chi connectivity index (χ4v) is 2.80. The number of nitrogens with zero attached hydrogens (tertiary/aromatic N) is 1. The summed E-state index contributed by atoms with van der Waals surface area (Å²) in [6, 6.07) is 4.87. The molecule has 1 fully saturated rings. The summed E-state index contributed by atoms with van der Waals surface area (Å²) >= 11 is 6.04. The van der Waals surface area contributed by atoms with Gasteiger partial charge in [0.1, 0.15) is 5.82 Å². The van der Waals surface area contributed by atoms with Gasteiger partial charge in [0.15, 0.2) is 0 Å². The molecule has 0 spiro atoms. The molecule has 18 heavy (non-hydrogen) atoms. The normalized spacial score (nSPS) is 18.2. The van der Waals surface area contributed by atoms with Crippen molar-refractivity contribution >= 4 is 11.6 Å². The van der Waals surface area contributed by atoms with Crippen molar-refractivity contribution in [2.45, 2.75) is 25.8 Å². The Balaban J connectivity index is 1.92. The summed E-state index contributed by atoms with van der Waals surface area (Å²) in [4.78, 5) is 2.28. The zero-order chi connectivity index (χ0) is 13.0. The molecule has 100 valence electrons. The van der Waals surface area contributed by atoms with Crippen molar-refractivity contribution in [2.24, 2.45) is 11.7 Å². The van der Waals surface area contributed by atoms with E-state index in [0.29, 0.717) is 17.1 Å². The van der Waals surface area contributed by atoms with Gasteiger partial charge in [-0.25, -0.2) is 4.39 Å². The molecule has 2 nitrogen and oxygen atoms in total. The van der Waals surface area contributed by atoms with E-state index in [1.54, 1.807) is 12.1 Å². The highest BCUT2D eigenvalue weighted by atomic mass is 35.5. The van der Waals surface area contributed by atoms with E-state index in [9.17, 15) is 4.39 Å². The molecule has 1 aromatic carbocycles. The van der Waals surface area contributed by atoms with Crippen LogP contribution in [0.25, 0.3) is 0 Å². The topological polar surface area (TPSA) is 29.3 Å². The number of piperidine rings is 1. The summed E-state index contributed by atoms with van der Waals surface area (Å²) in [5, 5.41) is 0.527. The first-order valence-electron chi connectivity index (χ1n) is 6.56. The molecule has 0 amide bonds. The Morgan fingerprint density at radius 2 is 2.06 bits per heavy atom. The second-order valence-electron chi connectivity index (χ2n) is 5.00. The minimum Gasteiger partial charge on any atom is -0.330 e. The van der Waals surface area contributed by atoms with E-state index < -0.39 is 0 Å². The summed E-state index contributed by atoms with van der Waals surface area (Å²) in [6.45, 7) is 3.40. The van der Waals surface area contributed by atoms with Crippen LogP contribution in [-0.4, -0.2) is 24.5 Å². The number of hydrogen-bond acceptors (Lipinski definition) is 2. The van der Waals surface area contributed by atoms with Crippen LogP contribution in [0.1, 0.15) is 24.8 Å². The van der Waals surface area contributed by atoms with Gasteiger partial charge in [-0.15, -0.1) is 0 Å². The van der Waals surface area contributed by atoms with Gasteiger partial charge in [-0.05, 0) is 56.9 Å². The summed E-state index contributed by atoms with van der Waals surface area (Å²) in [7, 11) is 0. The molecule has 0 saturated carbocycles. The Morgan fingerprint density at radius 1 is 1.33 bits per heavy atom. The molecule has 0 bridgehead atoms. The van der Waals surface area contributed by atoms with Gasteiger partial charge < -0.3 is 5.73 Å². The zero-order valence-corrected chi connectivity index (χ0v) is 11.3. The van der Waals surface area contributed by atoms with E-state index in [1.807, 2.05) is 0 Å². The maximum atomic E-state index is 13.7. The van der Waals surface area contributed by atoms with Crippen LogP contribution >= 0.6 is 11.6 Å². The summed E-state index contributed by atoms with van der Waals surface area (Å²) in [6.07, 6.45) is 3.42. The molecule has 1 saturated heterocycles. The van der Waals surface area contributed by atoms with Crippen LogP contribution in [0.5, 0.6) is 0 Å². The first-order valence-corrected chi connectivity index (χ1v) is 6.94. The molecule has 0 unspecified atom stereocenters. The molecule has 0 radical (unpaired) electrons. The van der Waals surface area contributed by atoms with Gasteiger partial charge in [-0.2, -0.15) is 0 Å². The van der Waals surface area contributed by atoms with E-state index >= 15 is 0 Å². The molecule has 1 aromatic rings. The quantitative estimate of drug-likeness (QED) is 0.911. The maximum absolute atomic E-state index is 13.7. The van der Waals surface area contributed by atoms with Gasteiger partial charge in [-0.1, -0.05) is 17.7 Å². The van der Waals surface area contributed by atoms with Crippen molar-refractivity contribution in [1.29, 1.82) is 0 Å². The fourth-order valence-electron chi connectivity index (χ4n) is 2.58. The standard InChI is InChI=1S/C14H20ClFN2/c15-13-2-1-3-14(16)12(13)10-18-8-5-11(4-7-17)6-9-18/h1-3,11H,4-10,17H2. The third-order valence-corrected chi connectivity index (χ3v) is 4.08. The molecular weight excluding hydrogens is 251 g/mol. The molecule has 2 rings (SSSR count). The smallest absolute Gasteiger partial charge is 0.129 e. The van der Waals surface area contributed by atoms with E-state index in [4.69, 9.17) is 17.3 Å². The van der Waals surface area contributed by atoms with Crippen LogP contribution in [-0.2, 0) is 6.54 Å². The van der Waals surface area contributed by atoms with Crippen molar-refractivity contribution in [3.63, 3.8) is 0 Å². The molecule has 0 aromatic heterocycles. The maximum Gasteiger partial charge on any atom is 0.129 e. The van der Waals surface area contributed by atoms with Crippen molar-refractivity contribution in [3.8, 4) is 0 Å². The van der Waals surface area contributed by atoms with Crippen LogP contribution in [0.2, 0.25) is 5.02 Å². The first-order chi connectivity index (χ1) is 8.70. The number of rotatable bonds is 4. The third kappa shape index (κ3) is 3.44. The second kappa shape index (κ2) is 6.50. The van der Waals surface area contributed by atoms with Crippen LogP contribution < -0.4 is 5.73 Å². The predicted molar refractivity (Wildman–Crippen MR) is 73.1 cm³/mol. The largest absolute Gasteiger partial charge is 0.330 e. The van der Waals surface area contributed by atoms with Gasteiger partial charge in [0.05, 0.1) is 0 Å². The first kappa shape index (κ1) is 13.8. The Bertz CT molecular complexity index is 369. The summed E-state index contributed by atoms with van der Waals surface area (Å²) in [5.41, 5.74) is 6.20. The van der Waals surface area contributed by atoms with E-state index in [2.05, 4.69) is 4.90 Å². The monoisotopic (exact) mass is 270 g/mol. The highest BCUT2D eigenvalue weighted by Gasteiger charge is 2.20. The SMILES string of the molecule is NCCC1CCN(Cc2c(F)cccc2Cl)CC1. The molecule has 4 heteroatoms. The Labute approximate surface area is 113 Å². The lowest BCUT2D eigenvalue weighted by Crippen LogP contribution is -2.34. The number of nitrogens with two attached hydrogens (primary N) is 1. The van der Waals surface area contributed by atoms with Crippen LogP contribution in [0.4, 0.5) is 4.39 Å². The lowest BCUT2D eigenvalue weighted by Gasteiger charge is -2.32. The highest BCUT2D eigenvalue weighted by molar-refractivity contribution is 6.31. The van der Waals surface area contributed by atoms with Gasteiger partial charge >= 0.3 is 0 Å². The number of halogens is 2. The Kier molecular flexibility index (Phi) is 4.98. The highest BCUT2D eigenvalue weighted by Crippen LogP contribution is 2.25. The molecule has 0 aliphatic carbocycles. The average molecular weight is 271 g/mol. The zero-order valence-electron chi connectivity index (χ0n) is 10.5. The van der Waals surface area contributed by atoms with Crippen molar-refractivity contribution < 1.29 is 4.39 Å². The molecule has 1 heterocycles. The number of likely N-dealkylation sites (tertiary alicyclic amines) is 1. The van der Waals surface area contributed by atoms with Crippen molar-refractivity contribution in [2.75, 3.05) is 19.6 Å². The molecule has 0 atom stereocenters. The minimum atomic E-state index is -0.202. The van der Waals surface area contributed by atoms with Gasteiger partial charge in [0.2, 0.25) is 0 Å². The van der Waals surface area contributed by atoms with E-state index in [-0.39, 0.29) is 5.82 Å². The molecule has 1 aliphatic heterocycles. The van der Waals surface area contributed by atoms with E-state index in [0.717, 1.165) is 44.8 Å². The van der Waals surface area contributed by atoms with Gasteiger partial charge in [-0.3, -0.25) is 4.90 Å². The number of hydrogen-bond donors (Lipinski definition) is 1. The summed E-state index contributed by atoms with van der Waals surface area (Å²) < 4.78 is 13.7. The van der Waals surface area contributed by atoms with Gasteiger partial charge in [0.25, 0.3) is 0 Å². The molecule has 1 aliphatic rings. The van der Waals surface area contributed by atoms with Crippen molar-refractivity contribution in [3.05, 3.63) is 34.6 Å². The van der Waals surface area contributed by atoms with Crippen molar-refractivity contribution in [1.82, 2.24) is 4.90 Å². The molecule has 2 N–H and O–H groups in total. The van der Waals surface area contributed by atoms with E-state index in [1.165, 1.54) is 6.07 Å². The fraction of sp³-hybridized carbons (Fsp3) is 0.571. The Morgan fingerprint density at radius 3 is 2.67 bits per heavy atom. The lowest BCUT2D eigenvalue weighted by molar-refractivity contribution is 0.172. The minimum absolute atomic E-state index is 0.202. The average Bonchev–Trinajstić information content (AvgIpc) is 2.36. The molecular formula is C14H20ClFN2. The predicted octanol–water partition coefficient (Wildman–Crippen LogP) is 3.04. The number of benzene rings is 1.